The molecule has 0 N–H and O–H groups in total. The van der Waals surface area contributed by atoms with E-state index in [4.69, 9.17) is 0 Å². The van der Waals surface area contributed by atoms with Gasteiger partial charge < -0.3 is 4.90 Å². The van der Waals surface area contributed by atoms with Crippen LogP contribution in [0.1, 0.15) is 31.7 Å². The van der Waals surface area contributed by atoms with Crippen molar-refractivity contribution in [3.05, 3.63) is 16.0 Å². The second-order valence-corrected chi connectivity index (χ2v) is 6.06. The van der Waals surface area contributed by atoms with Crippen molar-refractivity contribution in [1.29, 1.82) is 0 Å². The Kier molecular flexibility index (Phi) is 2.51. The van der Waals surface area contributed by atoms with Gasteiger partial charge in [-0.3, -0.25) is 4.68 Å². The van der Waals surface area contributed by atoms with Crippen LogP contribution in [0.5, 0.6) is 0 Å². The maximum Gasteiger partial charge on any atom is 0.0623 e. The van der Waals surface area contributed by atoms with E-state index in [1.54, 1.807) is 0 Å². The van der Waals surface area contributed by atoms with E-state index in [0.717, 1.165) is 12.1 Å². The predicted molar refractivity (Wildman–Crippen MR) is 67.8 cm³/mol. The van der Waals surface area contributed by atoms with E-state index < -0.39 is 0 Å². The van der Waals surface area contributed by atoms with Crippen LogP contribution < -0.4 is 0 Å². The van der Waals surface area contributed by atoms with Crippen molar-refractivity contribution in [2.75, 3.05) is 7.05 Å². The summed E-state index contributed by atoms with van der Waals surface area (Å²) >= 11 is 2.33. The van der Waals surface area contributed by atoms with Gasteiger partial charge >= 0.3 is 0 Å². The Bertz CT molecular complexity index is 348. The largest absolute Gasteiger partial charge is 0.300 e. The number of hydrogen-bond acceptors (Lipinski definition) is 2. The molecular formula is C11H16IN3. The van der Waals surface area contributed by atoms with Crippen molar-refractivity contribution in [2.45, 2.75) is 43.8 Å². The van der Waals surface area contributed by atoms with Crippen molar-refractivity contribution < 1.29 is 0 Å². The third kappa shape index (κ3) is 1.71. The maximum absolute atomic E-state index is 4.45. The molecule has 15 heavy (non-hydrogen) atoms. The Hall–Kier alpha value is -0.100. The molecule has 0 amide bonds. The molecule has 0 aliphatic carbocycles. The summed E-state index contributed by atoms with van der Waals surface area (Å²) in [5.41, 5.74) is 0. The molecule has 0 radical (unpaired) electrons. The van der Waals surface area contributed by atoms with Crippen molar-refractivity contribution in [3.63, 3.8) is 0 Å². The van der Waals surface area contributed by atoms with Crippen LogP contribution in [-0.4, -0.2) is 33.8 Å². The van der Waals surface area contributed by atoms with E-state index in [0.29, 0.717) is 6.04 Å². The van der Waals surface area contributed by atoms with Crippen molar-refractivity contribution in [1.82, 2.24) is 14.7 Å². The zero-order chi connectivity index (χ0) is 10.4. The molecule has 2 aliphatic rings. The molecule has 0 saturated carbocycles. The quantitative estimate of drug-likeness (QED) is 0.741. The lowest BCUT2D eigenvalue weighted by Gasteiger charge is -2.36. The normalized spacial score (nSPS) is 36.0. The lowest BCUT2D eigenvalue weighted by molar-refractivity contribution is 0.131. The summed E-state index contributed by atoms with van der Waals surface area (Å²) in [4.78, 5) is 2.57. The van der Waals surface area contributed by atoms with Gasteiger partial charge in [0.05, 0.1) is 15.8 Å². The molecule has 3 heterocycles. The molecule has 2 fully saturated rings. The first kappa shape index (κ1) is 10.1. The minimum Gasteiger partial charge on any atom is -0.300 e. The van der Waals surface area contributed by atoms with Gasteiger partial charge in [-0.15, -0.1) is 0 Å². The first-order valence-electron chi connectivity index (χ1n) is 5.65. The summed E-state index contributed by atoms with van der Waals surface area (Å²) in [6.07, 6.45) is 9.47. The summed E-state index contributed by atoms with van der Waals surface area (Å²) < 4.78 is 3.43. The molecule has 3 rings (SSSR count). The van der Waals surface area contributed by atoms with E-state index >= 15 is 0 Å². The van der Waals surface area contributed by atoms with Gasteiger partial charge in [0.15, 0.2) is 0 Å². The highest BCUT2D eigenvalue weighted by Gasteiger charge is 2.39. The van der Waals surface area contributed by atoms with E-state index in [2.05, 4.69) is 50.5 Å². The lowest BCUT2D eigenvalue weighted by atomic mass is 9.98. The van der Waals surface area contributed by atoms with Gasteiger partial charge in [0.25, 0.3) is 0 Å². The van der Waals surface area contributed by atoms with Crippen LogP contribution in [0.3, 0.4) is 0 Å². The zero-order valence-corrected chi connectivity index (χ0v) is 11.1. The number of nitrogens with zero attached hydrogens (tertiary/aromatic N) is 3. The van der Waals surface area contributed by atoms with E-state index in [1.807, 2.05) is 6.20 Å². The van der Waals surface area contributed by atoms with Crippen molar-refractivity contribution in [2.24, 2.45) is 0 Å². The highest BCUT2D eigenvalue weighted by atomic mass is 127. The fraction of sp³-hybridized carbons (Fsp3) is 0.727. The molecule has 0 aromatic carbocycles. The van der Waals surface area contributed by atoms with Crippen molar-refractivity contribution >= 4 is 22.6 Å². The molecule has 0 spiro atoms. The topological polar surface area (TPSA) is 21.1 Å². The third-order valence-corrected chi connectivity index (χ3v) is 4.57. The highest BCUT2D eigenvalue weighted by molar-refractivity contribution is 14.1. The fourth-order valence-corrected chi connectivity index (χ4v) is 3.52. The van der Waals surface area contributed by atoms with E-state index in [9.17, 15) is 0 Å². The standard InChI is InChI=1S/C11H16IN3/c1-14-9-2-3-10(14)5-11(4-9)15-7-8(12)6-13-15/h6-7,9-11H,2-5H2,1H3. The van der Waals surface area contributed by atoms with Gasteiger partial charge in [0.2, 0.25) is 0 Å². The second kappa shape index (κ2) is 3.73. The SMILES string of the molecule is CN1C2CCC1CC(n1cc(I)cn1)C2. The number of piperidine rings is 1. The molecule has 2 aliphatic heterocycles. The lowest BCUT2D eigenvalue weighted by Crippen LogP contribution is -2.40. The molecule has 3 nitrogen and oxygen atoms in total. The first-order chi connectivity index (χ1) is 7.24. The average molecular weight is 317 g/mol. The van der Waals surface area contributed by atoms with E-state index in [-0.39, 0.29) is 0 Å². The summed E-state index contributed by atoms with van der Waals surface area (Å²) in [6.45, 7) is 0. The van der Waals surface area contributed by atoms with Gasteiger partial charge in [0, 0.05) is 18.3 Å². The number of aromatic nitrogens is 2. The van der Waals surface area contributed by atoms with Gasteiger partial charge in [-0.2, -0.15) is 5.10 Å². The molecule has 4 heteroatoms. The van der Waals surface area contributed by atoms with Crippen LogP contribution in [0.25, 0.3) is 0 Å². The van der Waals surface area contributed by atoms with Crippen molar-refractivity contribution in [3.8, 4) is 0 Å². The Morgan fingerprint density at radius 1 is 1.27 bits per heavy atom. The zero-order valence-electron chi connectivity index (χ0n) is 8.93. The Morgan fingerprint density at radius 3 is 2.47 bits per heavy atom. The van der Waals surface area contributed by atoms with Gasteiger partial charge in [-0.25, -0.2) is 0 Å². The van der Waals surface area contributed by atoms with Gasteiger partial charge in [0.1, 0.15) is 0 Å². The molecule has 2 unspecified atom stereocenters. The summed E-state index contributed by atoms with van der Waals surface area (Å²) in [7, 11) is 2.28. The van der Waals surface area contributed by atoms with Crippen LogP contribution in [0, 0.1) is 3.57 Å². The van der Waals surface area contributed by atoms with Gasteiger partial charge in [-0.05, 0) is 55.3 Å². The Balaban J connectivity index is 1.80. The van der Waals surface area contributed by atoms with Crippen LogP contribution >= 0.6 is 22.6 Å². The minimum absolute atomic E-state index is 0.641. The Morgan fingerprint density at radius 2 is 1.93 bits per heavy atom. The predicted octanol–water partition coefficient (Wildman–Crippen LogP) is 2.29. The molecule has 82 valence electrons. The molecule has 2 saturated heterocycles. The van der Waals surface area contributed by atoms with Crippen LogP contribution in [-0.2, 0) is 0 Å². The maximum atomic E-state index is 4.45. The number of hydrogen-bond donors (Lipinski definition) is 0. The van der Waals surface area contributed by atoms with Crippen LogP contribution in [0.4, 0.5) is 0 Å². The molecular weight excluding hydrogens is 301 g/mol. The third-order valence-electron chi connectivity index (χ3n) is 4.02. The number of halogens is 1. The highest BCUT2D eigenvalue weighted by Crippen LogP contribution is 2.39. The fourth-order valence-electron chi connectivity index (χ4n) is 3.11. The summed E-state index contributed by atoms with van der Waals surface area (Å²) in [5.74, 6) is 0. The summed E-state index contributed by atoms with van der Waals surface area (Å²) in [5, 5.41) is 4.45. The average Bonchev–Trinajstić information content (AvgIpc) is 2.70. The minimum atomic E-state index is 0.641. The number of fused-ring (bicyclic) bond motifs is 2. The Labute approximate surface area is 104 Å². The molecule has 2 atom stereocenters. The van der Waals surface area contributed by atoms with Crippen LogP contribution in [0.15, 0.2) is 12.4 Å². The second-order valence-electron chi connectivity index (χ2n) is 4.81. The van der Waals surface area contributed by atoms with E-state index in [1.165, 1.54) is 29.3 Å². The smallest absolute Gasteiger partial charge is 0.0623 e. The van der Waals surface area contributed by atoms with Gasteiger partial charge in [-0.1, -0.05) is 0 Å². The number of rotatable bonds is 1. The summed E-state index contributed by atoms with van der Waals surface area (Å²) in [6, 6.07) is 2.24. The molecule has 1 aromatic rings. The molecule has 1 aromatic heterocycles. The first-order valence-corrected chi connectivity index (χ1v) is 6.73. The van der Waals surface area contributed by atoms with Crippen LogP contribution in [0.2, 0.25) is 0 Å². The molecule has 2 bridgehead atoms. The monoisotopic (exact) mass is 317 g/mol.